The van der Waals surface area contributed by atoms with E-state index in [0.29, 0.717) is 11.1 Å². The van der Waals surface area contributed by atoms with Crippen LogP contribution in [0.1, 0.15) is 16.9 Å². The lowest BCUT2D eigenvalue weighted by Gasteiger charge is -2.35. The molecule has 0 aromatic carbocycles. The zero-order chi connectivity index (χ0) is 16.0. The van der Waals surface area contributed by atoms with E-state index in [4.69, 9.17) is 11.6 Å². The molecule has 0 spiro atoms. The summed E-state index contributed by atoms with van der Waals surface area (Å²) in [4.78, 5) is 27.8. The minimum absolute atomic E-state index is 0.103. The summed E-state index contributed by atoms with van der Waals surface area (Å²) in [6.07, 6.45) is 4.12. The smallest absolute Gasteiger partial charge is 0.226 e. The third-order valence-corrected chi connectivity index (χ3v) is 6.41. The third-order valence-electron chi connectivity index (χ3n) is 4.96. The maximum Gasteiger partial charge on any atom is 0.226 e. The number of likely N-dealkylation sites (N-methyl/N-ethyl adjacent to an activating group) is 1. The van der Waals surface area contributed by atoms with E-state index in [1.165, 1.54) is 16.8 Å². The van der Waals surface area contributed by atoms with Gasteiger partial charge in [0.25, 0.3) is 0 Å². The molecule has 1 unspecified atom stereocenters. The molecule has 2 aliphatic rings. The first-order valence-electron chi connectivity index (χ1n) is 8.01. The van der Waals surface area contributed by atoms with Crippen LogP contribution in [-0.2, 0) is 17.6 Å². The van der Waals surface area contributed by atoms with Crippen LogP contribution in [0.15, 0.2) is 6.33 Å². The molecule has 1 aliphatic heterocycles. The number of piperazine rings is 1. The molecule has 1 atom stereocenters. The molecule has 2 aromatic rings. The molecule has 0 bridgehead atoms. The number of carbonyl (C=O) groups excluding carboxylic acids is 1. The number of amides is 1. The average molecular weight is 351 g/mol. The normalized spacial score (nSPS) is 22.3. The van der Waals surface area contributed by atoms with Gasteiger partial charge in [-0.2, -0.15) is 0 Å². The predicted molar refractivity (Wildman–Crippen MR) is 92.0 cm³/mol. The van der Waals surface area contributed by atoms with Gasteiger partial charge in [0, 0.05) is 37.0 Å². The molecule has 0 N–H and O–H groups in total. The van der Waals surface area contributed by atoms with Crippen molar-refractivity contribution < 1.29 is 4.79 Å². The lowest BCUT2D eigenvalue weighted by atomic mass is 9.87. The Morgan fingerprint density at radius 2 is 2.09 bits per heavy atom. The van der Waals surface area contributed by atoms with Crippen molar-refractivity contribution in [1.82, 2.24) is 19.8 Å². The van der Waals surface area contributed by atoms with Gasteiger partial charge in [-0.3, -0.25) is 4.79 Å². The second kappa shape index (κ2) is 6.00. The Hall–Kier alpha value is -1.24. The highest BCUT2D eigenvalue weighted by molar-refractivity contribution is 7.19. The highest BCUT2D eigenvalue weighted by Gasteiger charge is 2.32. The molecule has 122 valence electrons. The van der Waals surface area contributed by atoms with Crippen LogP contribution < -0.4 is 0 Å². The van der Waals surface area contributed by atoms with Gasteiger partial charge in [-0.15, -0.1) is 11.3 Å². The van der Waals surface area contributed by atoms with Gasteiger partial charge in [-0.1, -0.05) is 11.6 Å². The summed E-state index contributed by atoms with van der Waals surface area (Å²) >= 11 is 7.91. The van der Waals surface area contributed by atoms with Gasteiger partial charge in [0.1, 0.15) is 16.3 Å². The summed E-state index contributed by atoms with van der Waals surface area (Å²) in [7, 11) is 2.11. The molecule has 0 radical (unpaired) electrons. The number of aryl methyl sites for hydroxylation is 1. The number of fused-ring (bicyclic) bond motifs is 3. The average Bonchev–Trinajstić information content (AvgIpc) is 2.93. The highest BCUT2D eigenvalue weighted by Crippen LogP contribution is 2.39. The standard InChI is InChI=1S/C16H19ClN4OS/c1-20-4-6-21(7-5-20)16(22)10-2-3-11-12(8-10)23-15-13(11)14(17)18-9-19-15/h9-10H,2-8H2,1H3. The Kier molecular flexibility index (Phi) is 3.99. The molecule has 1 fully saturated rings. The Balaban J connectivity index is 1.56. The van der Waals surface area contributed by atoms with E-state index in [0.717, 1.165) is 55.7 Å². The first-order chi connectivity index (χ1) is 11.1. The van der Waals surface area contributed by atoms with Crippen LogP contribution in [0.2, 0.25) is 5.15 Å². The van der Waals surface area contributed by atoms with E-state index in [1.54, 1.807) is 11.3 Å². The summed E-state index contributed by atoms with van der Waals surface area (Å²) in [6.45, 7) is 3.64. The monoisotopic (exact) mass is 350 g/mol. The maximum absolute atomic E-state index is 12.8. The van der Waals surface area contributed by atoms with E-state index < -0.39 is 0 Å². The van der Waals surface area contributed by atoms with Gasteiger partial charge < -0.3 is 9.80 Å². The Labute approximate surface area is 144 Å². The van der Waals surface area contributed by atoms with Crippen molar-refractivity contribution in [3.63, 3.8) is 0 Å². The topological polar surface area (TPSA) is 49.3 Å². The van der Waals surface area contributed by atoms with Crippen LogP contribution in [0, 0.1) is 5.92 Å². The summed E-state index contributed by atoms with van der Waals surface area (Å²) in [5.74, 6) is 0.420. The van der Waals surface area contributed by atoms with E-state index in [9.17, 15) is 4.79 Å². The van der Waals surface area contributed by atoms with Crippen LogP contribution in [0.5, 0.6) is 0 Å². The van der Waals surface area contributed by atoms with Crippen molar-refractivity contribution in [3.8, 4) is 0 Å². The van der Waals surface area contributed by atoms with Crippen molar-refractivity contribution in [2.45, 2.75) is 19.3 Å². The fourth-order valence-corrected chi connectivity index (χ4v) is 5.14. The lowest BCUT2D eigenvalue weighted by molar-refractivity contribution is -0.137. The van der Waals surface area contributed by atoms with Crippen molar-refractivity contribution in [2.24, 2.45) is 5.92 Å². The fourth-order valence-electron chi connectivity index (χ4n) is 3.57. The van der Waals surface area contributed by atoms with Crippen LogP contribution in [0.25, 0.3) is 10.2 Å². The Morgan fingerprint density at radius 1 is 1.30 bits per heavy atom. The third kappa shape index (κ3) is 2.73. The lowest BCUT2D eigenvalue weighted by Crippen LogP contribution is -2.49. The number of nitrogens with zero attached hydrogens (tertiary/aromatic N) is 4. The molecule has 23 heavy (non-hydrogen) atoms. The molecule has 3 heterocycles. The van der Waals surface area contributed by atoms with Gasteiger partial charge >= 0.3 is 0 Å². The Morgan fingerprint density at radius 3 is 2.87 bits per heavy atom. The number of halogens is 1. The number of hydrogen-bond acceptors (Lipinski definition) is 5. The van der Waals surface area contributed by atoms with E-state index in [1.807, 2.05) is 4.90 Å². The number of thiophene rings is 1. The number of carbonyl (C=O) groups is 1. The second-order valence-corrected chi connectivity index (χ2v) is 7.86. The molecular weight excluding hydrogens is 332 g/mol. The minimum Gasteiger partial charge on any atom is -0.340 e. The minimum atomic E-state index is 0.103. The zero-order valence-electron chi connectivity index (χ0n) is 13.1. The first-order valence-corrected chi connectivity index (χ1v) is 9.21. The van der Waals surface area contributed by atoms with Crippen LogP contribution in [0.4, 0.5) is 0 Å². The number of hydrogen-bond donors (Lipinski definition) is 0. The molecule has 2 aromatic heterocycles. The quantitative estimate of drug-likeness (QED) is 0.740. The largest absolute Gasteiger partial charge is 0.340 e. The van der Waals surface area contributed by atoms with Gasteiger partial charge in [0.15, 0.2) is 0 Å². The van der Waals surface area contributed by atoms with Gasteiger partial charge in [-0.05, 0) is 31.9 Å². The SMILES string of the molecule is CN1CCN(C(=O)C2CCc3c(sc4ncnc(Cl)c34)C2)CC1. The number of aromatic nitrogens is 2. The van der Waals surface area contributed by atoms with Gasteiger partial charge in [0.05, 0.1) is 5.39 Å². The summed E-state index contributed by atoms with van der Waals surface area (Å²) in [5, 5.41) is 1.54. The van der Waals surface area contributed by atoms with Gasteiger partial charge in [-0.25, -0.2) is 9.97 Å². The van der Waals surface area contributed by atoms with Crippen molar-refractivity contribution in [2.75, 3.05) is 33.2 Å². The summed E-state index contributed by atoms with van der Waals surface area (Å²) in [6, 6.07) is 0. The Bertz CT molecular complexity index is 754. The van der Waals surface area contributed by atoms with Crippen molar-refractivity contribution in [1.29, 1.82) is 0 Å². The van der Waals surface area contributed by atoms with Crippen LogP contribution in [-0.4, -0.2) is 58.9 Å². The molecule has 1 aliphatic carbocycles. The van der Waals surface area contributed by atoms with E-state index >= 15 is 0 Å². The van der Waals surface area contributed by atoms with Crippen molar-refractivity contribution in [3.05, 3.63) is 21.9 Å². The number of rotatable bonds is 1. The first kappa shape index (κ1) is 15.3. The molecule has 1 amide bonds. The second-order valence-electron chi connectivity index (χ2n) is 6.42. The van der Waals surface area contributed by atoms with E-state index in [-0.39, 0.29) is 5.92 Å². The molecule has 7 heteroatoms. The molecule has 1 saturated heterocycles. The van der Waals surface area contributed by atoms with Crippen LogP contribution >= 0.6 is 22.9 Å². The molecule has 5 nitrogen and oxygen atoms in total. The van der Waals surface area contributed by atoms with Gasteiger partial charge in [0.2, 0.25) is 5.91 Å². The summed E-state index contributed by atoms with van der Waals surface area (Å²) in [5.41, 5.74) is 1.26. The van der Waals surface area contributed by atoms with E-state index in [2.05, 4.69) is 21.9 Å². The fraction of sp³-hybridized carbons (Fsp3) is 0.562. The summed E-state index contributed by atoms with van der Waals surface area (Å²) < 4.78 is 0. The zero-order valence-corrected chi connectivity index (χ0v) is 14.7. The molecule has 0 saturated carbocycles. The highest BCUT2D eigenvalue weighted by atomic mass is 35.5. The van der Waals surface area contributed by atoms with Crippen molar-refractivity contribution >= 4 is 39.1 Å². The van der Waals surface area contributed by atoms with Crippen LogP contribution in [0.3, 0.4) is 0 Å². The molecular formula is C16H19ClN4OS. The predicted octanol–water partition coefficient (Wildman–Crippen LogP) is 2.22. The maximum atomic E-state index is 12.8. The molecule has 4 rings (SSSR count).